The molecule has 0 aliphatic heterocycles. The summed E-state index contributed by atoms with van der Waals surface area (Å²) in [6, 6.07) is 0. The second-order valence-corrected chi connectivity index (χ2v) is 7.02. The Morgan fingerprint density at radius 3 is 2.18 bits per heavy atom. The third-order valence-corrected chi connectivity index (χ3v) is 5.00. The van der Waals surface area contributed by atoms with Crippen molar-refractivity contribution >= 4 is 0 Å². The van der Waals surface area contributed by atoms with Crippen molar-refractivity contribution in [3.63, 3.8) is 0 Å². The van der Waals surface area contributed by atoms with Gasteiger partial charge in [-0.15, -0.1) is 0 Å². The van der Waals surface area contributed by atoms with Gasteiger partial charge in [-0.25, -0.2) is 0 Å². The van der Waals surface area contributed by atoms with E-state index in [9.17, 15) is 0 Å². The summed E-state index contributed by atoms with van der Waals surface area (Å²) in [5.74, 6) is 2.08. The van der Waals surface area contributed by atoms with Gasteiger partial charge in [0.05, 0.1) is 0 Å². The molecule has 0 aromatic carbocycles. The summed E-state index contributed by atoms with van der Waals surface area (Å²) < 4.78 is 0. The lowest BCUT2D eigenvalue weighted by molar-refractivity contribution is 0.139. The van der Waals surface area contributed by atoms with Gasteiger partial charge in [0, 0.05) is 0 Å². The first kappa shape index (κ1) is 15.1. The van der Waals surface area contributed by atoms with E-state index in [1.807, 2.05) is 0 Å². The Kier molecular flexibility index (Phi) is 6.59. The summed E-state index contributed by atoms with van der Waals surface area (Å²) in [5, 5.41) is 0. The highest BCUT2D eigenvalue weighted by Crippen LogP contribution is 2.42. The van der Waals surface area contributed by atoms with Gasteiger partial charge in [0.15, 0.2) is 0 Å². The fourth-order valence-corrected chi connectivity index (χ4v) is 3.50. The molecule has 0 spiro atoms. The van der Waals surface area contributed by atoms with Crippen LogP contribution in [0.5, 0.6) is 0 Å². The Hall–Kier alpha value is 0. The van der Waals surface area contributed by atoms with Crippen LogP contribution in [0.3, 0.4) is 0 Å². The van der Waals surface area contributed by atoms with E-state index in [4.69, 9.17) is 0 Å². The van der Waals surface area contributed by atoms with Crippen LogP contribution in [0.1, 0.15) is 91.9 Å². The zero-order valence-corrected chi connectivity index (χ0v) is 12.7. The van der Waals surface area contributed by atoms with E-state index in [1.54, 1.807) is 0 Å². The predicted octanol–water partition coefficient (Wildman–Crippen LogP) is 6.20. The lowest BCUT2D eigenvalue weighted by atomic mass is 9.68. The molecule has 1 aliphatic carbocycles. The Morgan fingerprint density at radius 1 is 1.00 bits per heavy atom. The molecule has 0 aromatic heterocycles. The fraction of sp³-hybridized carbons (Fsp3) is 1.00. The average molecular weight is 238 g/mol. The SMILES string of the molecule is CCCCCCC(CC)C1CCC(C)(C)CC1. The van der Waals surface area contributed by atoms with Gasteiger partial charge in [-0.2, -0.15) is 0 Å². The Balaban J connectivity index is 2.26. The van der Waals surface area contributed by atoms with Crippen molar-refractivity contribution in [2.75, 3.05) is 0 Å². The van der Waals surface area contributed by atoms with Crippen LogP contribution >= 0.6 is 0 Å². The van der Waals surface area contributed by atoms with Gasteiger partial charge in [0.1, 0.15) is 0 Å². The summed E-state index contributed by atoms with van der Waals surface area (Å²) in [4.78, 5) is 0. The van der Waals surface area contributed by atoms with Gasteiger partial charge >= 0.3 is 0 Å². The van der Waals surface area contributed by atoms with Gasteiger partial charge in [-0.1, -0.05) is 66.2 Å². The molecule has 0 aromatic rings. The molecule has 17 heavy (non-hydrogen) atoms. The van der Waals surface area contributed by atoms with E-state index in [-0.39, 0.29) is 0 Å². The zero-order valence-electron chi connectivity index (χ0n) is 12.7. The van der Waals surface area contributed by atoms with Crippen LogP contribution in [0.15, 0.2) is 0 Å². The molecule has 0 nitrogen and oxygen atoms in total. The van der Waals surface area contributed by atoms with E-state index < -0.39 is 0 Å². The molecular formula is C17H34. The molecule has 1 aliphatic rings. The van der Waals surface area contributed by atoms with Crippen LogP contribution in [0, 0.1) is 17.3 Å². The van der Waals surface area contributed by atoms with Crippen molar-refractivity contribution in [1.29, 1.82) is 0 Å². The average Bonchev–Trinajstić information content (AvgIpc) is 2.30. The third kappa shape index (κ3) is 5.44. The normalized spacial score (nSPS) is 22.6. The molecule has 1 rings (SSSR count). The minimum Gasteiger partial charge on any atom is -0.0654 e. The molecule has 1 unspecified atom stereocenters. The Morgan fingerprint density at radius 2 is 1.65 bits per heavy atom. The number of unbranched alkanes of at least 4 members (excludes halogenated alkanes) is 3. The van der Waals surface area contributed by atoms with Crippen LogP contribution in [0.2, 0.25) is 0 Å². The van der Waals surface area contributed by atoms with Gasteiger partial charge in [-0.3, -0.25) is 0 Å². The highest BCUT2D eigenvalue weighted by atomic mass is 14.4. The summed E-state index contributed by atoms with van der Waals surface area (Å²) >= 11 is 0. The monoisotopic (exact) mass is 238 g/mol. The molecular weight excluding hydrogens is 204 g/mol. The van der Waals surface area contributed by atoms with E-state index in [2.05, 4.69) is 27.7 Å². The van der Waals surface area contributed by atoms with E-state index >= 15 is 0 Å². The third-order valence-electron chi connectivity index (χ3n) is 5.00. The molecule has 0 heterocycles. The fourth-order valence-electron chi connectivity index (χ4n) is 3.50. The molecule has 1 atom stereocenters. The van der Waals surface area contributed by atoms with E-state index in [0.29, 0.717) is 5.41 Å². The first-order valence-electron chi connectivity index (χ1n) is 8.09. The molecule has 0 radical (unpaired) electrons. The maximum Gasteiger partial charge on any atom is -0.0354 e. The van der Waals surface area contributed by atoms with Gasteiger partial charge in [0.25, 0.3) is 0 Å². The van der Waals surface area contributed by atoms with Crippen LogP contribution < -0.4 is 0 Å². The highest BCUT2D eigenvalue weighted by Gasteiger charge is 2.30. The summed E-state index contributed by atoms with van der Waals surface area (Å²) in [7, 11) is 0. The molecule has 0 bridgehead atoms. The number of hydrogen-bond acceptors (Lipinski definition) is 0. The maximum absolute atomic E-state index is 2.45. The van der Waals surface area contributed by atoms with Crippen molar-refractivity contribution in [2.45, 2.75) is 91.9 Å². The Bertz CT molecular complexity index is 182. The van der Waals surface area contributed by atoms with Crippen LogP contribution in [0.4, 0.5) is 0 Å². The van der Waals surface area contributed by atoms with Crippen molar-refractivity contribution in [3.8, 4) is 0 Å². The minimum atomic E-state index is 0.636. The smallest absolute Gasteiger partial charge is 0.0354 e. The van der Waals surface area contributed by atoms with Crippen molar-refractivity contribution in [1.82, 2.24) is 0 Å². The second-order valence-electron chi connectivity index (χ2n) is 7.02. The first-order chi connectivity index (χ1) is 8.09. The van der Waals surface area contributed by atoms with Gasteiger partial charge in [-0.05, 0) is 42.9 Å². The van der Waals surface area contributed by atoms with Crippen LogP contribution in [0.25, 0.3) is 0 Å². The number of hydrogen-bond donors (Lipinski definition) is 0. The lowest BCUT2D eigenvalue weighted by Gasteiger charge is -2.38. The largest absolute Gasteiger partial charge is 0.0654 e. The van der Waals surface area contributed by atoms with Crippen LogP contribution in [-0.4, -0.2) is 0 Å². The molecule has 1 saturated carbocycles. The standard InChI is InChI=1S/C17H34/c1-5-7-8-9-10-15(6-2)16-11-13-17(3,4)14-12-16/h15-16H,5-14H2,1-4H3. The van der Waals surface area contributed by atoms with Crippen molar-refractivity contribution in [3.05, 3.63) is 0 Å². The topological polar surface area (TPSA) is 0 Å². The molecule has 0 heteroatoms. The van der Waals surface area contributed by atoms with Crippen molar-refractivity contribution in [2.24, 2.45) is 17.3 Å². The lowest BCUT2D eigenvalue weighted by Crippen LogP contribution is -2.25. The summed E-state index contributed by atoms with van der Waals surface area (Å²) in [5.41, 5.74) is 0.636. The van der Waals surface area contributed by atoms with Gasteiger partial charge in [0.2, 0.25) is 0 Å². The molecule has 0 amide bonds. The van der Waals surface area contributed by atoms with E-state index in [1.165, 1.54) is 64.2 Å². The predicted molar refractivity (Wildman–Crippen MR) is 78.3 cm³/mol. The second kappa shape index (κ2) is 7.44. The Labute approximate surface area is 110 Å². The molecule has 102 valence electrons. The summed E-state index contributed by atoms with van der Waals surface area (Å²) in [6.45, 7) is 9.61. The van der Waals surface area contributed by atoms with Crippen LogP contribution in [-0.2, 0) is 0 Å². The molecule has 0 saturated heterocycles. The number of rotatable bonds is 7. The highest BCUT2D eigenvalue weighted by molar-refractivity contribution is 4.81. The first-order valence-corrected chi connectivity index (χ1v) is 8.09. The van der Waals surface area contributed by atoms with Crippen molar-refractivity contribution < 1.29 is 0 Å². The molecule has 1 fully saturated rings. The zero-order chi connectivity index (χ0) is 12.7. The summed E-state index contributed by atoms with van der Waals surface area (Å²) in [6.07, 6.45) is 14.6. The molecule has 0 N–H and O–H groups in total. The van der Waals surface area contributed by atoms with E-state index in [0.717, 1.165) is 11.8 Å². The van der Waals surface area contributed by atoms with Gasteiger partial charge < -0.3 is 0 Å². The maximum atomic E-state index is 2.45. The minimum absolute atomic E-state index is 0.636. The quantitative estimate of drug-likeness (QED) is 0.463.